The molecule has 0 unspecified atom stereocenters. The third-order valence-corrected chi connectivity index (χ3v) is 4.01. The lowest BCUT2D eigenvalue weighted by Crippen LogP contribution is -2.07. The fraction of sp³-hybridized carbons (Fsp3) is 0.100. The summed E-state index contributed by atoms with van der Waals surface area (Å²) in [4.78, 5) is 4.28. The number of pyridine rings is 1. The lowest BCUT2D eigenvalue weighted by atomic mass is 10.3. The van der Waals surface area contributed by atoms with Gasteiger partial charge >= 0.3 is 0 Å². The van der Waals surface area contributed by atoms with Crippen LogP contribution in [0.2, 0.25) is 0 Å². The van der Waals surface area contributed by atoms with Gasteiger partial charge in [-0.15, -0.1) is 23.1 Å². The highest BCUT2D eigenvalue weighted by atomic mass is 32.2. The van der Waals surface area contributed by atoms with Crippen LogP contribution in [-0.2, 0) is 5.75 Å². The Morgan fingerprint density at radius 1 is 1.47 bits per heavy atom. The summed E-state index contributed by atoms with van der Waals surface area (Å²) in [5, 5.41) is 2.08. The van der Waals surface area contributed by atoms with E-state index in [0.717, 1.165) is 17.1 Å². The SMILES string of the molecule is NNc1ccnc(CSc2cccs2)c1. The Labute approximate surface area is 96.7 Å². The fourth-order valence-corrected chi connectivity index (χ4v) is 2.82. The Bertz CT molecular complexity index is 414. The number of rotatable bonds is 4. The van der Waals surface area contributed by atoms with Crippen molar-refractivity contribution < 1.29 is 0 Å². The van der Waals surface area contributed by atoms with Crippen molar-refractivity contribution in [1.82, 2.24) is 4.98 Å². The van der Waals surface area contributed by atoms with Crippen LogP contribution in [0, 0.1) is 0 Å². The molecular weight excluding hydrogens is 226 g/mol. The maximum atomic E-state index is 5.33. The summed E-state index contributed by atoms with van der Waals surface area (Å²) in [5.74, 6) is 6.20. The first-order chi connectivity index (χ1) is 7.38. The van der Waals surface area contributed by atoms with Crippen LogP contribution in [0.15, 0.2) is 40.1 Å². The molecule has 0 spiro atoms. The fourth-order valence-electron chi connectivity index (χ4n) is 1.14. The van der Waals surface area contributed by atoms with Gasteiger partial charge in [0, 0.05) is 11.9 Å². The lowest BCUT2D eigenvalue weighted by molar-refractivity contribution is 1.17. The number of aromatic nitrogens is 1. The summed E-state index contributed by atoms with van der Waals surface area (Å²) in [6, 6.07) is 7.97. The van der Waals surface area contributed by atoms with Crippen molar-refractivity contribution in [1.29, 1.82) is 0 Å². The van der Waals surface area contributed by atoms with Gasteiger partial charge in [-0.05, 0) is 23.6 Å². The molecule has 0 saturated heterocycles. The molecule has 2 heterocycles. The zero-order valence-corrected chi connectivity index (χ0v) is 9.65. The molecule has 0 amide bonds. The molecule has 0 aromatic carbocycles. The quantitative estimate of drug-likeness (QED) is 0.488. The Hall–Kier alpha value is -1.04. The van der Waals surface area contributed by atoms with Gasteiger partial charge in [0.25, 0.3) is 0 Å². The van der Waals surface area contributed by atoms with Gasteiger partial charge < -0.3 is 5.43 Å². The van der Waals surface area contributed by atoms with Gasteiger partial charge in [0.05, 0.1) is 15.6 Å². The summed E-state index contributed by atoms with van der Waals surface area (Å²) in [5.41, 5.74) is 4.54. The number of nitrogens with one attached hydrogen (secondary N) is 1. The van der Waals surface area contributed by atoms with Crippen molar-refractivity contribution in [2.75, 3.05) is 5.43 Å². The average Bonchev–Trinajstić information content (AvgIpc) is 2.79. The Morgan fingerprint density at radius 2 is 2.40 bits per heavy atom. The zero-order valence-electron chi connectivity index (χ0n) is 8.01. The summed E-state index contributed by atoms with van der Waals surface area (Å²) < 4.78 is 1.31. The standard InChI is InChI=1S/C10H11N3S2/c11-13-8-3-4-12-9(6-8)7-15-10-2-1-5-14-10/h1-6H,7,11H2,(H,12,13). The van der Waals surface area contributed by atoms with Crippen molar-refractivity contribution in [3.8, 4) is 0 Å². The van der Waals surface area contributed by atoms with Crippen LogP contribution in [0.5, 0.6) is 0 Å². The van der Waals surface area contributed by atoms with Crippen molar-refractivity contribution in [3.05, 3.63) is 41.5 Å². The molecule has 0 aliphatic rings. The molecule has 0 saturated carbocycles. The van der Waals surface area contributed by atoms with Crippen molar-refractivity contribution in [2.24, 2.45) is 5.84 Å². The van der Waals surface area contributed by atoms with Crippen LogP contribution in [0.1, 0.15) is 5.69 Å². The van der Waals surface area contributed by atoms with Gasteiger partial charge in [-0.2, -0.15) is 0 Å². The Kier molecular flexibility index (Phi) is 3.60. The number of nitrogen functional groups attached to an aromatic ring is 1. The number of anilines is 1. The molecular formula is C10H11N3S2. The molecule has 2 aromatic rings. The maximum Gasteiger partial charge on any atom is 0.0602 e. The number of nitrogens with zero attached hydrogens (tertiary/aromatic N) is 1. The molecule has 0 atom stereocenters. The first kappa shape index (κ1) is 10.5. The lowest BCUT2D eigenvalue weighted by Gasteiger charge is -2.02. The van der Waals surface area contributed by atoms with E-state index in [2.05, 4.69) is 27.9 Å². The highest BCUT2D eigenvalue weighted by molar-refractivity contribution is 8.00. The summed E-state index contributed by atoms with van der Waals surface area (Å²) >= 11 is 3.53. The second-order valence-corrected chi connectivity index (χ2v) is 5.12. The maximum absolute atomic E-state index is 5.33. The predicted molar refractivity (Wildman–Crippen MR) is 65.9 cm³/mol. The highest BCUT2D eigenvalue weighted by Crippen LogP contribution is 2.26. The van der Waals surface area contributed by atoms with Gasteiger partial charge in [-0.3, -0.25) is 10.8 Å². The number of thiophene rings is 1. The molecule has 2 aromatic heterocycles. The van der Waals surface area contributed by atoms with E-state index < -0.39 is 0 Å². The zero-order chi connectivity index (χ0) is 10.5. The Balaban J connectivity index is 1.98. The van der Waals surface area contributed by atoms with E-state index in [1.807, 2.05) is 12.1 Å². The van der Waals surface area contributed by atoms with E-state index in [4.69, 9.17) is 5.84 Å². The van der Waals surface area contributed by atoms with E-state index in [1.54, 1.807) is 29.3 Å². The van der Waals surface area contributed by atoms with Crippen molar-refractivity contribution >= 4 is 28.8 Å². The van der Waals surface area contributed by atoms with E-state index in [-0.39, 0.29) is 0 Å². The number of hydrazine groups is 1. The number of nitrogens with two attached hydrogens (primary N) is 1. The number of hydrogen-bond acceptors (Lipinski definition) is 5. The molecule has 0 radical (unpaired) electrons. The third kappa shape index (κ3) is 2.95. The van der Waals surface area contributed by atoms with E-state index >= 15 is 0 Å². The van der Waals surface area contributed by atoms with Crippen LogP contribution in [-0.4, -0.2) is 4.98 Å². The molecule has 0 bridgehead atoms. The van der Waals surface area contributed by atoms with Crippen LogP contribution in [0.25, 0.3) is 0 Å². The van der Waals surface area contributed by atoms with Crippen LogP contribution in [0.3, 0.4) is 0 Å². The first-order valence-electron chi connectivity index (χ1n) is 4.46. The van der Waals surface area contributed by atoms with Crippen LogP contribution in [0.4, 0.5) is 5.69 Å². The molecule has 5 heteroatoms. The smallest absolute Gasteiger partial charge is 0.0602 e. The van der Waals surface area contributed by atoms with Crippen LogP contribution >= 0.6 is 23.1 Å². The first-order valence-corrected chi connectivity index (χ1v) is 6.33. The van der Waals surface area contributed by atoms with Crippen LogP contribution < -0.4 is 11.3 Å². The number of hydrogen-bond donors (Lipinski definition) is 2. The molecule has 0 fully saturated rings. The van der Waals surface area contributed by atoms with Crippen molar-refractivity contribution in [3.63, 3.8) is 0 Å². The summed E-state index contributed by atoms with van der Waals surface area (Å²) in [6.45, 7) is 0. The third-order valence-electron chi connectivity index (χ3n) is 1.84. The second-order valence-electron chi connectivity index (χ2n) is 2.90. The summed E-state index contributed by atoms with van der Waals surface area (Å²) in [6.07, 6.45) is 1.76. The number of thioether (sulfide) groups is 1. The normalized spacial score (nSPS) is 10.2. The average molecular weight is 237 g/mol. The second kappa shape index (κ2) is 5.16. The van der Waals surface area contributed by atoms with Gasteiger partial charge in [0.15, 0.2) is 0 Å². The predicted octanol–water partition coefficient (Wildman–Crippen LogP) is 2.72. The van der Waals surface area contributed by atoms with E-state index in [9.17, 15) is 0 Å². The summed E-state index contributed by atoms with van der Waals surface area (Å²) in [7, 11) is 0. The minimum Gasteiger partial charge on any atom is -0.324 e. The van der Waals surface area contributed by atoms with Gasteiger partial charge in [0.2, 0.25) is 0 Å². The molecule has 0 aliphatic carbocycles. The molecule has 0 aliphatic heterocycles. The minimum absolute atomic E-state index is 0.871. The van der Waals surface area contributed by atoms with E-state index in [0.29, 0.717) is 0 Å². The van der Waals surface area contributed by atoms with Gasteiger partial charge in [-0.1, -0.05) is 6.07 Å². The molecule has 3 N–H and O–H groups in total. The molecule has 78 valence electrons. The topological polar surface area (TPSA) is 50.9 Å². The largest absolute Gasteiger partial charge is 0.324 e. The van der Waals surface area contributed by atoms with E-state index in [1.165, 1.54) is 4.21 Å². The highest BCUT2D eigenvalue weighted by Gasteiger charge is 1.99. The molecule has 3 nitrogen and oxygen atoms in total. The van der Waals surface area contributed by atoms with Gasteiger partial charge in [0.1, 0.15) is 0 Å². The molecule has 2 rings (SSSR count). The van der Waals surface area contributed by atoms with Crippen molar-refractivity contribution in [2.45, 2.75) is 9.96 Å². The Morgan fingerprint density at radius 3 is 3.13 bits per heavy atom. The van der Waals surface area contributed by atoms with Gasteiger partial charge in [-0.25, -0.2) is 0 Å². The monoisotopic (exact) mass is 237 g/mol. The molecule has 15 heavy (non-hydrogen) atoms. The minimum atomic E-state index is 0.871.